The molecule has 0 aliphatic heterocycles. The fraction of sp³-hybridized carbons (Fsp3) is 0.923. The van der Waals surface area contributed by atoms with Crippen LogP contribution in [0.15, 0.2) is 0 Å². The van der Waals surface area contributed by atoms with Gasteiger partial charge in [0, 0.05) is 6.54 Å². The molecular weight excluding hydrogens is 202 g/mol. The molecule has 0 spiro atoms. The van der Waals surface area contributed by atoms with Gasteiger partial charge in [-0.1, -0.05) is 27.2 Å². The van der Waals surface area contributed by atoms with Crippen LogP contribution in [-0.4, -0.2) is 25.2 Å². The Kier molecular flexibility index (Phi) is 7.39. The molecule has 0 aromatic rings. The topological polar surface area (TPSA) is 38.3 Å². The molecule has 0 atom stereocenters. The van der Waals surface area contributed by atoms with Gasteiger partial charge < -0.3 is 10.1 Å². The number of carbonyl (C=O) groups excluding carboxylic acids is 1. The Labute approximate surface area is 99.9 Å². The van der Waals surface area contributed by atoms with Gasteiger partial charge in [-0.3, -0.25) is 4.79 Å². The van der Waals surface area contributed by atoms with Crippen molar-refractivity contribution in [2.75, 3.05) is 13.2 Å². The third kappa shape index (κ3) is 8.72. The van der Waals surface area contributed by atoms with E-state index >= 15 is 0 Å². The van der Waals surface area contributed by atoms with Gasteiger partial charge in [0.25, 0.3) is 0 Å². The van der Waals surface area contributed by atoms with Crippen LogP contribution >= 0.6 is 0 Å². The molecule has 0 unspecified atom stereocenters. The lowest BCUT2D eigenvalue weighted by Gasteiger charge is -2.22. The zero-order chi connectivity index (χ0) is 12.6. The number of hydrogen-bond acceptors (Lipinski definition) is 2. The quantitative estimate of drug-likeness (QED) is 0.650. The Hall–Kier alpha value is -0.570. The van der Waals surface area contributed by atoms with E-state index in [4.69, 9.17) is 4.74 Å². The van der Waals surface area contributed by atoms with Gasteiger partial charge in [0.05, 0.1) is 6.10 Å². The van der Waals surface area contributed by atoms with Crippen LogP contribution in [-0.2, 0) is 9.53 Å². The summed E-state index contributed by atoms with van der Waals surface area (Å²) in [6.45, 7) is 11.5. The van der Waals surface area contributed by atoms with Crippen LogP contribution in [0.4, 0.5) is 0 Å². The fourth-order valence-corrected chi connectivity index (χ4v) is 1.26. The predicted octanol–water partition coefficient (Wildman–Crippen LogP) is 2.74. The minimum absolute atomic E-state index is 0.0111. The minimum Gasteiger partial charge on any atom is -0.369 e. The summed E-state index contributed by atoms with van der Waals surface area (Å²) >= 11 is 0. The van der Waals surface area contributed by atoms with Crippen molar-refractivity contribution in [3.8, 4) is 0 Å². The summed E-state index contributed by atoms with van der Waals surface area (Å²) in [6, 6.07) is 0. The molecule has 0 aromatic carbocycles. The highest BCUT2D eigenvalue weighted by Crippen LogP contribution is 2.25. The lowest BCUT2D eigenvalue weighted by atomic mass is 9.85. The molecule has 1 amide bonds. The van der Waals surface area contributed by atoms with E-state index in [1.165, 1.54) is 6.42 Å². The first-order valence-electron chi connectivity index (χ1n) is 6.25. The van der Waals surface area contributed by atoms with E-state index in [0.717, 1.165) is 19.4 Å². The fourth-order valence-electron chi connectivity index (χ4n) is 1.26. The third-order valence-corrected chi connectivity index (χ3v) is 2.86. The first-order valence-corrected chi connectivity index (χ1v) is 6.25. The van der Waals surface area contributed by atoms with E-state index in [1.54, 1.807) is 0 Å². The van der Waals surface area contributed by atoms with E-state index in [0.29, 0.717) is 5.41 Å². The lowest BCUT2D eigenvalue weighted by Crippen LogP contribution is -2.30. The molecular formula is C13H27NO2. The van der Waals surface area contributed by atoms with Crippen LogP contribution in [0.3, 0.4) is 0 Å². The molecule has 0 saturated heterocycles. The summed E-state index contributed by atoms with van der Waals surface area (Å²) in [5, 5.41) is 2.87. The van der Waals surface area contributed by atoms with Crippen LogP contribution in [0.2, 0.25) is 0 Å². The summed E-state index contributed by atoms with van der Waals surface area (Å²) in [5.41, 5.74) is 0.388. The Bertz CT molecular complexity index is 200. The van der Waals surface area contributed by atoms with E-state index in [9.17, 15) is 4.79 Å². The maximum atomic E-state index is 11.3. The Morgan fingerprint density at radius 3 is 2.50 bits per heavy atom. The molecule has 16 heavy (non-hydrogen) atoms. The summed E-state index contributed by atoms with van der Waals surface area (Å²) in [6.07, 6.45) is 3.48. The maximum Gasteiger partial charge on any atom is 0.246 e. The second-order valence-corrected chi connectivity index (χ2v) is 5.33. The Morgan fingerprint density at radius 1 is 1.38 bits per heavy atom. The van der Waals surface area contributed by atoms with Gasteiger partial charge in [0.2, 0.25) is 5.91 Å². The zero-order valence-corrected chi connectivity index (χ0v) is 11.4. The minimum atomic E-state index is -0.0111. The molecule has 0 radical (unpaired) electrons. The van der Waals surface area contributed by atoms with Crippen molar-refractivity contribution in [2.24, 2.45) is 5.41 Å². The summed E-state index contributed by atoms with van der Waals surface area (Å²) in [5.74, 6) is -0.0111. The molecule has 0 bridgehead atoms. The van der Waals surface area contributed by atoms with Crippen molar-refractivity contribution >= 4 is 5.91 Å². The number of nitrogens with one attached hydrogen (secondary N) is 1. The van der Waals surface area contributed by atoms with Gasteiger partial charge >= 0.3 is 0 Å². The molecule has 3 heteroatoms. The average Bonchev–Trinajstić information content (AvgIpc) is 2.21. The van der Waals surface area contributed by atoms with Gasteiger partial charge in [-0.05, 0) is 32.1 Å². The first kappa shape index (κ1) is 15.4. The number of hydrogen-bond donors (Lipinski definition) is 1. The SMILES string of the molecule is CCC(C)(C)CCCNC(=O)COC(C)C. The highest BCUT2D eigenvalue weighted by atomic mass is 16.5. The largest absolute Gasteiger partial charge is 0.369 e. The van der Waals surface area contributed by atoms with Crippen LogP contribution in [0, 0.1) is 5.41 Å². The van der Waals surface area contributed by atoms with Crippen LogP contribution in [0.25, 0.3) is 0 Å². The highest BCUT2D eigenvalue weighted by Gasteiger charge is 2.14. The molecule has 0 fully saturated rings. The normalized spacial score (nSPS) is 11.9. The van der Waals surface area contributed by atoms with Gasteiger partial charge in [-0.15, -0.1) is 0 Å². The molecule has 0 rings (SSSR count). The molecule has 1 N–H and O–H groups in total. The predicted molar refractivity (Wildman–Crippen MR) is 67.4 cm³/mol. The van der Waals surface area contributed by atoms with E-state index in [-0.39, 0.29) is 18.6 Å². The molecule has 0 heterocycles. The van der Waals surface area contributed by atoms with Crippen molar-refractivity contribution in [2.45, 2.75) is 60.0 Å². The third-order valence-electron chi connectivity index (χ3n) is 2.86. The average molecular weight is 229 g/mol. The van der Waals surface area contributed by atoms with Crippen LogP contribution in [0.5, 0.6) is 0 Å². The van der Waals surface area contributed by atoms with Gasteiger partial charge in [-0.25, -0.2) is 0 Å². The summed E-state index contributed by atoms with van der Waals surface area (Å²) < 4.78 is 5.21. The summed E-state index contributed by atoms with van der Waals surface area (Å²) in [4.78, 5) is 11.3. The molecule has 3 nitrogen and oxygen atoms in total. The standard InChI is InChI=1S/C13H27NO2/c1-6-13(4,5)8-7-9-14-12(15)10-16-11(2)3/h11H,6-10H2,1-5H3,(H,14,15). The van der Waals surface area contributed by atoms with Crippen molar-refractivity contribution < 1.29 is 9.53 Å². The maximum absolute atomic E-state index is 11.3. The van der Waals surface area contributed by atoms with Crippen molar-refractivity contribution in [1.82, 2.24) is 5.32 Å². The van der Waals surface area contributed by atoms with Crippen LogP contribution in [0.1, 0.15) is 53.9 Å². The van der Waals surface area contributed by atoms with E-state index < -0.39 is 0 Å². The number of rotatable bonds is 8. The number of amides is 1. The number of carbonyl (C=O) groups is 1. The Balaban J connectivity index is 3.48. The Morgan fingerprint density at radius 2 is 2.00 bits per heavy atom. The zero-order valence-electron chi connectivity index (χ0n) is 11.4. The molecule has 0 aliphatic carbocycles. The van der Waals surface area contributed by atoms with E-state index in [1.807, 2.05) is 13.8 Å². The van der Waals surface area contributed by atoms with Crippen molar-refractivity contribution in [3.05, 3.63) is 0 Å². The molecule has 0 aromatic heterocycles. The second-order valence-electron chi connectivity index (χ2n) is 5.33. The summed E-state index contributed by atoms with van der Waals surface area (Å²) in [7, 11) is 0. The van der Waals surface area contributed by atoms with Crippen molar-refractivity contribution in [1.29, 1.82) is 0 Å². The van der Waals surface area contributed by atoms with Gasteiger partial charge in [-0.2, -0.15) is 0 Å². The smallest absolute Gasteiger partial charge is 0.246 e. The van der Waals surface area contributed by atoms with Crippen molar-refractivity contribution in [3.63, 3.8) is 0 Å². The number of ether oxygens (including phenoxy) is 1. The monoisotopic (exact) mass is 229 g/mol. The lowest BCUT2D eigenvalue weighted by molar-refractivity contribution is -0.127. The van der Waals surface area contributed by atoms with Crippen LogP contribution < -0.4 is 5.32 Å². The van der Waals surface area contributed by atoms with E-state index in [2.05, 4.69) is 26.1 Å². The van der Waals surface area contributed by atoms with Gasteiger partial charge in [0.1, 0.15) is 6.61 Å². The molecule has 0 saturated carbocycles. The van der Waals surface area contributed by atoms with Gasteiger partial charge in [0.15, 0.2) is 0 Å². The molecule has 0 aliphatic rings. The second kappa shape index (κ2) is 7.66. The highest BCUT2D eigenvalue weighted by molar-refractivity contribution is 5.77. The molecule has 96 valence electrons. The first-order chi connectivity index (χ1) is 7.37.